The average molecular weight is 382 g/mol. The number of nitrogens with zero attached hydrogens (tertiary/aromatic N) is 1. The van der Waals surface area contributed by atoms with Crippen LogP contribution in [0.15, 0.2) is 52.1 Å². The van der Waals surface area contributed by atoms with Gasteiger partial charge in [-0.25, -0.2) is 0 Å². The molecule has 0 aliphatic heterocycles. The summed E-state index contributed by atoms with van der Waals surface area (Å²) in [5.41, 5.74) is 1.26. The van der Waals surface area contributed by atoms with Crippen LogP contribution in [-0.4, -0.2) is 31.6 Å². The lowest BCUT2D eigenvalue weighted by Gasteiger charge is -2.13. The fraction of sp³-hybridized carbons (Fsp3) is 0.333. The number of alkyl halides is 3. The second-order valence-corrected chi connectivity index (χ2v) is 5.68. The van der Waals surface area contributed by atoms with Crippen LogP contribution >= 0.6 is 0 Å². The lowest BCUT2D eigenvalue weighted by atomic mass is 10.1. The summed E-state index contributed by atoms with van der Waals surface area (Å²) in [5.74, 6) is 0.655. The molecule has 0 bridgehead atoms. The number of hydrogen-bond donors (Lipinski definition) is 3. The van der Waals surface area contributed by atoms with E-state index >= 15 is 0 Å². The number of rotatable bonds is 7. The SMILES string of the molecule is CN=C(NCCC(F)(F)F)NCc1cccc(C(=O)NCc2ccco2)c1. The number of furan rings is 1. The van der Waals surface area contributed by atoms with Gasteiger partial charge >= 0.3 is 6.18 Å². The molecule has 27 heavy (non-hydrogen) atoms. The van der Waals surface area contributed by atoms with Gasteiger partial charge in [0.25, 0.3) is 5.91 Å². The van der Waals surface area contributed by atoms with Gasteiger partial charge in [-0.05, 0) is 29.8 Å². The Morgan fingerprint density at radius 3 is 2.59 bits per heavy atom. The monoisotopic (exact) mass is 382 g/mol. The Bertz CT molecular complexity index is 758. The minimum Gasteiger partial charge on any atom is -0.467 e. The molecule has 1 heterocycles. The average Bonchev–Trinajstić information content (AvgIpc) is 3.15. The van der Waals surface area contributed by atoms with E-state index in [-0.39, 0.29) is 25.0 Å². The van der Waals surface area contributed by atoms with Crippen LogP contribution in [0.4, 0.5) is 13.2 Å². The van der Waals surface area contributed by atoms with Crippen molar-refractivity contribution in [3.05, 3.63) is 59.5 Å². The van der Waals surface area contributed by atoms with Crippen LogP contribution in [0.2, 0.25) is 0 Å². The number of aliphatic imine (C=N–C) groups is 1. The van der Waals surface area contributed by atoms with Crippen LogP contribution in [0.5, 0.6) is 0 Å². The maximum atomic E-state index is 12.2. The van der Waals surface area contributed by atoms with Gasteiger partial charge in [0, 0.05) is 25.7 Å². The van der Waals surface area contributed by atoms with Gasteiger partial charge < -0.3 is 20.4 Å². The molecule has 0 saturated heterocycles. The highest BCUT2D eigenvalue weighted by atomic mass is 19.4. The van der Waals surface area contributed by atoms with Crippen molar-refractivity contribution in [1.29, 1.82) is 0 Å². The molecule has 1 aromatic heterocycles. The van der Waals surface area contributed by atoms with E-state index in [1.165, 1.54) is 13.3 Å². The summed E-state index contributed by atoms with van der Waals surface area (Å²) in [6.07, 6.45) is -3.63. The smallest absolute Gasteiger partial charge is 0.390 e. The minimum atomic E-state index is -4.22. The van der Waals surface area contributed by atoms with Crippen molar-refractivity contribution in [3.63, 3.8) is 0 Å². The molecule has 2 rings (SSSR count). The van der Waals surface area contributed by atoms with Gasteiger partial charge in [-0.1, -0.05) is 12.1 Å². The Kier molecular flexibility index (Phi) is 7.27. The molecule has 0 radical (unpaired) electrons. The van der Waals surface area contributed by atoms with Crippen molar-refractivity contribution in [2.75, 3.05) is 13.6 Å². The molecule has 1 amide bonds. The second-order valence-electron chi connectivity index (χ2n) is 5.68. The molecule has 146 valence electrons. The van der Waals surface area contributed by atoms with Gasteiger partial charge in [-0.3, -0.25) is 9.79 Å². The zero-order valence-corrected chi connectivity index (χ0v) is 14.8. The second kappa shape index (κ2) is 9.65. The zero-order valence-electron chi connectivity index (χ0n) is 14.8. The van der Waals surface area contributed by atoms with E-state index < -0.39 is 12.6 Å². The third-order valence-corrected chi connectivity index (χ3v) is 3.58. The van der Waals surface area contributed by atoms with Gasteiger partial charge in [0.05, 0.1) is 19.2 Å². The highest BCUT2D eigenvalue weighted by Gasteiger charge is 2.26. The summed E-state index contributed by atoms with van der Waals surface area (Å²) in [5, 5.41) is 8.27. The molecular formula is C18H21F3N4O2. The van der Waals surface area contributed by atoms with Crippen LogP contribution in [-0.2, 0) is 13.1 Å². The standard InChI is InChI=1S/C18H21F3N4O2/c1-22-17(23-8-7-18(19,20)21)25-11-13-4-2-5-14(10-13)16(26)24-12-15-6-3-9-27-15/h2-6,9-10H,7-8,11-12H2,1H3,(H,24,26)(H2,22,23,25). The Morgan fingerprint density at radius 2 is 1.93 bits per heavy atom. The molecule has 0 unspecified atom stereocenters. The van der Waals surface area contributed by atoms with Crippen LogP contribution in [0, 0.1) is 0 Å². The first-order chi connectivity index (χ1) is 12.9. The topological polar surface area (TPSA) is 78.7 Å². The molecule has 6 nitrogen and oxygen atoms in total. The number of hydrogen-bond acceptors (Lipinski definition) is 3. The fourth-order valence-corrected chi connectivity index (χ4v) is 2.23. The highest BCUT2D eigenvalue weighted by Crippen LogP contribution is 2.18. The highest BCUT2D eigenvalue weighted by molar-refractivity contribution is 5.94. The van der Waals surface area contributed by atoms with Crippen molar-refractivity contribution in [1.82, 2.24) is 16.0 Å². The zero-order chi connectivity index (χ0) is 19.7. The van der Waals surface area contributed by atoms with Gasteiger partial charge in [0.1, 0.15) is 5.76 Å². The molecule has 0 aliphatic carbocycles. The van der Waals surface area contributed by atoms with Gasteiger partial charge in [-0.15, -0.1) is 0 Å². The quantitative estimate of drug-likeness (QED) is 0.508. The summed E-state index contributed by atoms with van der Waals surface area (Å²) in [7, 11) is 1.47. The predicted molar refractivity (Wildman–Crippen MR) is 95.2 cm³/mol. The summed E-state index contributed by atoms with van der Waals surface area (Å²) in [6, 6.07) is 10.4. The summed E-state index contributed by atoms with van der Waals surface area (Å²) < 4.78 is 41.7. The van der Waals surface area contributed by atoms with Crippen molar-refractivity contribution in [3.8, 4) is 0 Å². The number of carbonyl (C=O) groups excluding carboxylic acids is 1. The van der Waals surface area contributed by atoms with Crippen molar-refractivity contribution < 1.29 is 22.4 Å². The van der Waals surface area contributed by atoms with E-state index in [1.54, 1.807) is 36.4 Å². The molecule has 9 heteroatoms. The molecule has 0 atom stereocenters. The maximum absolute atomic E-state index is 12.2. The first kappa shape index (κ1) is 20.3. The predicted octanol–water partition coefficient (Wildman–Crippen LogP) is 2.83. The number of carbonyl (C=O) groups is 1. The lowest BCUT2D eigenvalue weighted by molar-refractivity contribution is -0.132. The van der Waals surface area contributed by atoms with E-state index in [0.717, 1.165) is 5.56 Å². The van der Waals surface area contributed by atoms with Gasteiger partial charge in [0.15, 0.2) is 5.96 Å². The van der Waals surface area contributed by atoms with E-state index in [4.69, 9.17) is 4.42 Å². The molecule has 0 saturated carbocycles. The Labute approximate surface area is 154 Å². The van der Waals surface area contributed by atoms with E-state index in [9.17, 15) is 18.0 Å². The van der Waals surface area contributed by atoms with Crippen molar-refractivity contribution >= 4 is 11.9 Å². The number of halogens is 3. The van der Waals surface area contributed by atoms with E-state index in [0.29, 0.717) is 17.9 Å². The third kappa shape index (κ3) is 7.43. The van der Waals surface area contributed by atoms with Gasteiger partial charge in [0.2, 0.25) is 0 Å². The molecule has 0 fully saturated rings. The first-order valence-electron chi connectivity index (χ1n) is 8.28. The summed E-state index contributed by atoms with van der Waals surface area (Å²) >= 11 is 0. The van der Waals surface area contributed by atoms with Crippen molar-refractivity contribution in [2.24, 2.45) is 4.99 Å². The molecule has 1 aromatic carbocycles. The Balaban J connectivity index is 1.84. The fourth-order valence-electron chi connectivity index (χ4n) is 2.23. The van der Waals surface area contributed by atoms with Crippen LogP contribution < -0.4 is 16.0 Å². The van der Waals surface area contributed by atoms with Crippen LogP contribution in [0.1, 0.15) is 28.1 Å². The van der Waals surface area contributed by atoms with Crippen LogP contribution in [0.3, 0.4) is 0 Å². The van der Waals surface area contributed by atoms with Crippen LogP contribution in [0.25, 0.3) is 0 Å². The molecule has 0 spiro atoms. The van der Waals surface area contributed by atoms with E-state index in [2.05, 4.69) is 20.9 Å². The number of nitrogens with one attached hydrogen (secondary N) is 3. The Hall–Kier alpha value is -2.97. The lowest BCUT2D eigenvalue weighted by Crippen LogP contribution is -2.38. The van der Waals surface area contributed by atoms with E-state index in [1.807, 2.05) is 0 Å². The summed E-state index contributed by atoms with van der Waals surface area (Å²) in [4.78, 5) is 16.1. The molecule has 0 aliphatic rings. The number of guanidine groups is 1. The number of amides is 1. The van der Waals surface area contributed by atoms with Crippen molar-refractivity contribution in [2.45, 2.75) is 25.7 Å². The molecule has 2 aromatic rings. The number of benzene rings is 1. The molecule has 3 N–H and O–H groups in total. The minimum absolute atomic E-state index is 0.249. The summed E-state index contributed by atoms with van der Waals surface area (Å²) in [6.45, 7) is 0.327. The van der Waals surface area contributed by atoms with Gasteiger partial charge in [-0.2, -0.15) is 13.2 Å². The molecular weight excluding hydrogens is 361 g/mol. The normalized spacial score (nSPS) is 11.9. The maximum Gasteiger partial charge on any atom is 0.390 e. The third-order valence-electron chi connectivity index (χ3n) is 3.58. The Morgan fingerprint density at radius 1 is 1.11 bits per heavy atom. The first-order valence-corrected chi connectivity index (χ1v) is 8.28. The largest absolute Gasteiger partial charge is 0.467 e.